The van der Waals surface area contributed by atoms with Crippen molar-refractivity contribution in [2.75, 3.05) is 31.1 Å². The number of benzene rings is 1. The van der Waals surface area contributed by atoms with Crippen LogP contribution in [0.1, 0.15) is 15.9 Å². The van der Waals surface area contributed by atoms with Crippen molar-refractivity contribution in [3.63, 3.8) is 0 Å². The van der Waals surface area contributed by atoms with Crippen LogP contribution in [-0.4, -0.2) is 51.9 Å². The Morgan fingerprint density at radius 2 is 1.88 bits per heavy atom. The van der Waals surface area contributed by atoms with Crippen molar-refractivity contribution >= 4 is 33.1 Å². The van der Waals surface area contributed by atoms with Crippen LogP contribution < -0.4 is 10.5 Å². The van der Waals surface area contributed by atoms with Gasteiger partial charge in [-0.25, -0.2) is 4.98 Å². The van der Waals surface area contributed by atoms with Crippen molar-refractivity contribution in [1.29, 1.82) is 5.26 Å². The van der Waals surface area contributed by atoms with E-state index in [1.807, 2.05) is 24.3 Å². The summed E-state index contributed by atoms with van der Waals surface area (Å²) < 4.78 is 0.426. The number of anilines is 1. The third-order valence-corrected chi connectivity index (χ3v) is 6.46. The predicted molar refractivity (Wildman–Crippen MR) is 123 cm³/mol. The Labute approximate surface area is 187 Å². The van der Waals surface area contributed by atoms with E-state index >= 15 is 0 Å². The highest BCUT2D eigenvalue weighted by Crippen LogP contribution is 2.26. The molecule has 1 aliphatic rings. The molecule has 3 aromatic heterocycles. The molecule has 158 valence electrons. The molecule has 1 aromatic carbocycles. The van der Waals surface area contributed by atoms with E-state index < -0.39 is 0 Å². The Balaban J connectivity index is 1.41. The number of thiophene rings is 1. The summed E-state index contributed by atoms with van der Waals surface area (Å²) in [6, 6.07) is 15.1. The molecular weight excluding hydrogens is 424 g/mol. The lowest BCUT2D eigenvalue weighted by Crippen LogP contribution is -2.49. The maximum Gasteiger partial charge on any atom is 0.269 e. The minimum atomic E-state index is -0.280. The van der Waals surface area contributed by atoms with Crippen molar-refractivity contribution in [3.8, 4) is 17.6 Å². The van der Waals surface area contributed by atoms with E-state index in [1.165, 1.54) is 11.3 Å². The fourth-order valence-electron chi connectivity index (χ4n) is 3.87. The van der Waals surface area contributed by atoms with Gasteiger partial charge in [-0.1, -0.05) is 18.2 Å². The summed E-state index contributed by atoms with van der Waals surface area (Å²) in [4.78, 5) is 41.3. The van der Waals surface area contributed by atoms with Gasteiger partial charge in [-0.05, 0) is 24.3 Å². The van der Waals surface area contributed by atoms with Crippen LogP contribution in [0.3, 0.4) is 0 Å². The third kappa shape index (κ3) is 3.50. The minimum absolute atomic E-state index is 0.144. The maximum absolute atomic E-state index is 13.3. The van der Waals surface area contributed by atoms with Crippen molar-refractivity contribution < 1.29 is 4.79 Å². The number of aromatic amines is 1. The van der Waals surface area contributed by atoms with Crippen LogP contribution in [0.4, 0.5) is 5.69 Å². The molecule has 5 rings (SSSR count). The van der Waals surface area contributed by atoms with Gasteiger partial charge < -0.3 is 14.8 Å². The molecule has 0 bridgehead atoms. The number of piperazine rings is 1. The van der Waals surface area contributed by atoms with Crippen molar-refractivity contribution in [2.45, 2.75) is 0 Å². The van der Waals surface area contributed by atoms with Gasteiger partial charge in [-0.3, -0.25) is 14.6 Å². The largest absolute Gasteiger partial charge is 0.367 e. The summed E-state index contributed by atoms with van der Waals surface area (Å²) in [5.74, 6) is 0.197. The summed E-state index contributed by atoms with van der Waals surface area (Å²) in [6.07, 6.45) is 1.63. The number of para-hydroxylation sites is 1. The van der Waals surface area contributed by atoms with Crippen molar-refractivity contribution in [2.24, 2.45) is 0 Å². The highest BCUT2D eigenvalue weighted by Gasteiger charge is 2.26. The first-order valence-corrected chi connectivity index (χ1v) is 11.0. The number of fused-ring (bicyclic) bond motifs is 1. The van der Waals surface area contributed by atoms with E-state index in [9.17, 15) is 14.9 Å². The van der Waals surface area contributed by atoms with Gasteiger partial charge in [-0.2, -0.15) is 5.26 Å². The first-order valence-electron chi connectivity index (χ1n) is 10.1. The molecule has 4 aromatic rings. The van der Waals surface area contributed by atoms with Gasteiger partial charge in [0.2, 0.25) is 0 Å². The topological polar surface area (TPSA) is 106 Å². The molecule has 0 radical (unpaired) electrons. The Bertz CT molecular complexity index is 1400. The molecule has 1 amide bonds. The Morgan fingerprint density at radius 1 is 1.09 bits per heavy atom. The van der Waals surface area contributed by atoms with Crippen molar-refractivity contribution in [1.82, 2.24) is 19.9 Å². The summed E-state index contributed by atoms with van der Waals surface area (Å²) in [7, 11) is 0. The molecule has 0 atom stereocenters. The zero-order chi connectivity index (χ0) is 22.1. The second-order valence-corrected chi connectivity index (χ2v) is 8.24. The van der Waals surface area contributed by atoms with Crippen molar-refractivity contribution in [3.05, 3.63) is 75.5 Å². The monoisotopic (exact) mass is 442 g/mol. The molecule has 1 aliphatic heterocycles. The number of aromatic nitrogens is 3. The molecule has 32 heavy (non-hydrogen) atoms. The molecule has 1 fully saturated rings. The quantitative estimate of drug-likeness (QED) is 0.523. The van der Waals surface area contributed by atoms with Crippen LogP contribution in [-0.2, 0) is 0 Å². The number of H-pyrrole nitrogens is 1. The number of pyridine rings is 1. The van der Waals surface area contributed by atoms with E-state index in [2.05, 4.69) is 25.9 Å². The van der Waals surface area contributed by atoms with Gasteiger partial charge in [0.05, 0.1) is 16.8 Å². The molecule has 0 spiro atoms. The molecule has 0 saturated carbocycles. The van der Waals surface area contributed by atoms with Crippen LogP contribution in [0.15, 0.2) is 58.8 Å². The van der Waals surface area contributed by atoms with Gasteiger partial charge in [0.1, 0.15) is 22.0 Å². The van der Waals surface area contributed by atoms with Crippen LogP contribution in [0.25, 0.3) is 21.7 Å². The molecule has 0 unspecified atom stereocenters. The highest BCUT2D eigenvalue weighted by atomic mass is 32.1. The van der Waals surface area contributed by atoms with E-state index in [1.54, 1.807) is 34.7 Å². The first kappa shape index (κ1) is 19.9. The second-order valence-electron chi connectivity index (χ2n) is 7.36. The average Bonchev–Trinajstić information content (AvgIpc) is 3.29. The number of nitriles is 1. The second kappa shape index (κ2) is 8.24. The third-order valence-electron chi connectivity index (χ3n) is 5.50. The average molecular weight is 443 g/mol. The highest BCUT2D eigenvalue weighted by molar-refractivity contribution is 7.17. The Hall–Kier alpha value is -4.03. The Kier molecular flexibility index (Phi) is 5.13. The Morgan fingerprint density at radius 3 is 2.62 bits per heavy atom. The van der Waals surface area contributed by atoms with Gasteiger partial charge in [-0.15, -0.1) is 11.3 Å². The smallest absolute Gasteiger partial charge is 0.269 e. The molecule has 9 heteroatoms. The number of hydrogen-bond donors (Lipinski definition) is 1. The molecule has 0 aliphatic carbocycles. The van der Waals surface area contributed by atoms with Crippen LogP contribution in [0.2, 0.25) is 0 Å². The predicted octanol–water partition coefficient (Wildman–Crippen LogP) is 2.88. The molecule has 4 heterocycles. The lowest BCUT2D eigenvalue weighted by Gasteiger charge is -2.36. The summed E-state index contributed by atoms with van der Waals surface area (Å²) in [6.45, 7) is 2.29. The number of carbonyl (C=O) groups excluding carboxylic acids is 1. The normalized spacial score (nSPS) is 13.8. The number of nitrogens with one attached hydrogen (secondary N) is 1. The SMILES string of the molecule is N#Cc1ccccc1N1CCN(C(=O)c2csc3c(=O)[nH]c(-c4ccccn4)nc23)CC1. The molecule has 8 nitrogen and oxygen atoms in total. The van der Waals surface area contributed by atoms with Gasteiger partial charge in [0, 0.05) is 37.8 Å². The number of carbonyl (C=O) groups is 1. The van der Waals surface area contributed by atoms with Crippen LogP contribution in [0.5, 0.6) is 0 Å². The van der Waals surface area contributed by atoms with E-state index in [0.717, 1.165) is 5.69 Å². The number of nitrogens with zero attached hydrogens (tertiary/aromatic N) is 5. The number of rotatable bonds is 3. The van der Waals surface area contributed by atoms with E-state index in [4.69, 9.17) is 0 Å². The molecule has 1 N–H and O–H groups in total. The van der Waals surface area contributed by atoms with Crippen LogP contribution >= 0.6 is 11.3 Å². The molecular formula is C23H18N6O2S. The zero-order valence-corrected chi connectivity index (χ0v) is 17.8. The summed E-state index contributed by atoms with van der Waals surface area (Å²) in [5, 5.41) is 11.1. The fraction of sp³-hybridized carbons (Fsp3) is 0.174. The van der Waals surface area contributed by atoms with E-state index in [0.29, 0.717) is 59.0 Å². The lowest BCUT2D eigenvalue weighted by molar-refractivity contribution is 0.0749. The minimum Gasteiger partial charge on any atom is -0.367 e. The van der Waals surface area contributed by atoms with Crippen LogP contribution in [0, 0.1) is 11.3 Å². The summed E-state index contributed by atoms with van der Waals surface area (Å²) >= 11 is 1.22. The standard InChI is InChI=1S/C23H18N6O2S/c24-13-15-5-1-2-7-18(15)28-9-11-29(12-10-28)23(31)16-14-32-20-19(16)26-21(27-22(20)30)17-6-3-4-8-25-17/h1-8,14H,9-12H2,(H,26,27,30). The van der Waals surface area contributed by atoms with E-state index in [-0.39, 0.29) is 11.5 Å². The maximum atomic E-state index is 13.3. The molecule has 1 saturated heterocycles. The van der Waals surface area contributed by atoms with Gasteiger partial charge >= 0.3 is 0 Å². The zero-order valence-electron chi connectivity index (χ0n) is 17.0. The van der Waals surface area contributed by atoms with Gasteiger partial charge in [0.25, 0.3) is 11.5 Å². The number of hydrogen-bond acceptors (Lipinski definition) is 7. The number of amides is 1. The van der Waals surface area contributed by atoms with Gasteiger partial charge in [0.15, 0.2) is 5.82 Å². The summed E-state index contributed by atoms with van der Waals surface area (Å²) in [5.41, 5.74) is 2.61. The lowest BCUT2D eigenvalue weighted by atomic mass is 10.1. The fourth-order valence-corrected chi connectivity index (χ4v) is 4.74. The first-order chi connectivity index (χ1) is 15.7.